The van der Waals surface area contributed by atoms with E-state index in [-0.39, 0.29) is 0 Å². The summed E-state index contributed by atoms with van der Waals surface area (Å²) in [5.41, 5.74) is 0. The highest BCUT2D eigenvalue weighted by Crippen LogP contribution is 2.31. The number of rotatable bonds is 3. The highest BCUT2D eigenvalue weighted by atomic mass is 31.2. The van der Waals surface area contributed by atoms with Gasteiger partial charge in [-0.1, -0.05) is 13.8 Å². The van der Waals surface area contributed by atoms with E-state index >= 15 is 0 Å². The van der Waals surface area contributed by atoms with Crippen LogP contribution in [-0.2, 0) is 4.57 Å². The Bertz CT molecular complexity index is 114. The minimum absolute atomic E-state index is 0.352. The van der Waals surface area contributed by atoms with Gasteiger partial charge in [0.15, 0.2) is 0 Å². The summed E-state index contributed by atoms with van der Waals surface area (Å²) in [6, 6.07) is 0. The van der Waals surface area contributed by atoms with E-state index in [4.69, 9.17) is 0 Å². The molecule has 2 nitrogen and oxygen atoms in total. The first-order valence-electron chi connectivity index (χ1n) is 3.19. The van der Waals surface area contributed by atoms with Gasteiger partial charge in [0.25, 0.3) is 0 Å². The van der Waals surface area contributed by atoms with Crippen LogP contribution in [0.15, 0.2) is 0 Å². The molecule has 0 N–H and O–H groups in total. The molecule has 0 aliphatic rings. The Labute approximate surface area is 56.7 Å². The lowest BCUT2D eigenvalue weighted by Gasteiger charge is -2.17. The Morgan fingerprint density at radius 3 is 2.11 bits per heavy atom. The highest BCUT2D eigenvalue weighted by Gasteiger charge is 2.00. The summed E-state index contributed by atoms with van der Waals surface area (Å²) in [6.07, 6.45) is 1.14. The molecule has 0 saturated heterocycles. The molecule has 1 atom stereocenters. The normalized spacial score (nSPS) is 17.9. The van der Waals surface area contributed by atoms with Crippen LogP contribution in [0.1, 0.15) is 20.3 Å². The number of hydrogen-bond acceptors (Lipinski definition) is 2. The third kappa shape index (κ3) is 8.19. The standard InChI is InChI=1S/C6H15O2P/c1-6(2)4-5-9(3,7)8/h6H,4-5H2,1-3H3,(H,7,8)/p-1. The van der Waals surface area contributed by atoms with Crippen LogP contribution in [0.5, 0.6) is 0 Å². The second-order valence-corrected chi connectivity index (χ2v) is 5.40. The van der Waals surface area contributed by atoms with E-state index in [0.29, 0.717) is 12.1 Å². The third-order valence-corrected chi connectivity index (χ3v) is 2.18. The zero-order valence-corrected chi connectivity index (χ0v) is 7.15. The van der Waals surface area contributed by atoms with Crippen LogP contribution in [-0.4, -0.2) is 12.8 Å². The molecule has 0 aliphatic heterocycles. The van der Waals surface area contributed by atoms with Gasteiger partial charge in [0.1, 0.15) is 0 Å². The summed E-state index contributed by atoms with van der Waals surface area (Å²) in [4.78, 5) is 10.6. The molecule has 1 unspecified atom stereocenters. The van der Waals surface area contributed by atoms with E-state index < -0.39 is 7.37 Å². The molecule has 0 aromatic carbocycles. The summed E-state index contributed by atoms with van der Waals surface area (Å²) >= 11 is 0. The van der Waals surface area contributed by atoms with Crippen molar-refractivity contribution in [3.8, 4) is 0 Å². The first-order chi connectivity index (χ1) is 3.92. The van der Waals surface area contributed by atoms with Crippen molar-refractivity contribution >= 4 is 7.37 Å². The minimum Gasteiger partial charge on any atom is -0.799 e. The van der Waals surface area contributed by atoms with Gasteiger partial charge in [-0.25, -0.2) is 0 Å². The van der Waals surface area contributed by atoms with Crippen LogP contribution >= 0.6 is 7.37 Å². The van der Waals surface area contributed by atoms with Crippen LogP contribution < -0.4 is 4.89 Å². The average molecular weight is 149 g/mol. The lowest BCUT2D eigenvalue weighted by atomic mass is 10.2. The van der Waals surface area contributed by atoms with Crippen molar-refractivity contribution in [3.05, 3.63) is 0 Å². The second kappa shape index (κ2) is 3.38. The molecule has 0 rings (SSSR count). The van der Waals surface area contributed by atoms with E-state index in [1.165, 1.54) is 6.66 Å². The van der Waals surface area contributed by atoms with Crippen LogP contribution in [0.2, 0.25) is 0 Å². The molecule has 0 aliphatic carbocycles. The second-order valence-electron chi connectivity index (χ2n) is 2.92. The molecule has 0 radical (unpaired) electrons. The highest BCUT2D eigenvalue weighted by molar-refractivity contribution is 7.55. The molecule has 0 aromatic rings. The molecule has 0 amide bonds. The van der Waals surface area contributed by atoms with Crippen molar-refractivity contribution in [2.45, 2.75) is 20.3 Å². The van der Waals surface area contributed by atoms with Crippen molar-refractivity contribution in [2.24, 2.45) is 5.92 Å². The Morgan fingerprint density at radius 2 is 2.00 bits per heavy atom. The van der Waals surface area contributed by atoms with Crippen LogP contribution in [0.3, 0.4) is 0 Å². The van der Waals surface area contributed by atoms with Crippen molar-refractivity contribution in [1.29, 1.82) is 0 Å². The third-order valence-electron chi connectivity index (χ3n) is 1.11. The topological polar surface area (TPSA) is 40.1 Å². The minimum atomic E-state index is -2.97. The molecule has 3 heteroatoms. The van der Waals surface area contributed by atoms with Gasteiger partial charge >= 0.3 is 0 Å². The monoisotopic (exact) mass is 149 g/mol. The summed E-state index contributed by atoms with van der Waals surface area (Å²) in [7, 11) is -2.97. The molecular weight excluding hydrogens is 135 g/mol. The molecular formula is C6H14O2P-. The molecule has 0 spiro atoms. The Hall–Kier alpha value is 0.190. The maximum absolute atomic E-state index is 10.6. The van der Waals surface area contributed by atoms with E-state index in [1.54, 1.807) is 0 Å². The first kappa shape index (κ1) is 9.19. The van der Waals surface area contributed by atoms with E-state index in [2.05, 4.69) is 0 Å². The fourth-order valence-electron chi connectivity index (χ4n) is 0.493. The van der Waals surface area contributed by atoms with Gasteiger partial charge in [-0.2, -0.15) is 0 Å². The van der Waals surface area contributed by atoms with Gasteiger partial charge in [0.2, 0.25) is 0 Å². The Morgan fingerprint density at radius 1 is 1.56 bits per heavy atom. The van der Waals surface area contributed by atoms with E-state index in [0.717, 1.165) is 6.42 Å². The smallest absolute Gasteiger partial charge is 0.0118 e. The van der Waals surface area contributed by atoms with E-state index in [1.807, 2.05) is 13.8 Å². The number of hydrogen-bond donors (Lipinski definition) is 0. The van der Waals surface area contributed by atoms with Gasteiger partial charge in [-0.3, -0.25) is 0 Å². The predicted octanol–water partition coefficient (Wildman–Crippen LogP) is 1.30. The lowest BCUT2D eigenvalue weighted by Crippen LogP contribution is -2.04. The van der Waals surface area contributed by atoms with Gasteiger partial charge in [0, 0.05) is 7.37 Å². The fraction of sp³-hybridized carbons (Fsp3) is 1.00. The van der Waals surface area contributed by atoms with Gasteiger partial charge in [-0.05, 0) is 25.2 Å². The maximum atomic E-state index is 10.6. The Kier molecular flexibility index (Phi) is 3.45. The van der Waals surface area contributed by atoms with Gasteiger partial charge in [-0.15, -0.1) is 0 Å². The molecule has 56 valence electrons. The molecule has 0 fully saturated rings. The largest absolute Gasteiger partial charge is 0.799 e. The van der Waals surface area contributed by atoms with Gasteiger partial charge < -0.3 is 9.46 Å². The molecule has 9 heavy (non-hydrogen) atoms. The fourth-order valence-corrected chi connectivity index (χ4v) is 1.48. The first-order valence-corrected chi connectivity index (χ1v) is 5.45. The summed E-state index contributed by atoms with van der Waals surface area (Å²) in [6.45, 7) is 5.35. The van der Waals surface area contributed by atoms with Gasteiger partial charge in [0.05, 0.1) is 0 Å². The summed E-state index contributed by atoms with van der Waals surface area (Å²) < 4.78 is 10.6. The molecule has 0 saturated carbocycles. The quantitative estimate of drug-likeness (QED) is 0.567. The Balaban J connectivity index is 3.40. The zero-order chi connectivity index (χ0) is 7.49. The van der Waals surface area contributed by atoms with Crippen molar-refractivity contribution in [3.63, 3.8) is 0 Å². The van der Waals surface area contributed by atoms with E-state index in [9.17, 15) is 9.46 Å². The zero-order valence-electron chi connectivity index (χ0n) is 6.26. The van der Waals surface area contributed by atoms with Crippen LogP contribution in [0.4, 0.5) is 0 Å². The van der Waals surface area contributed by atoms with Crippen LogP contribution in [0, 0.1) is 5.92 Å². The SMILES string of the molecule is CC(C)CCP(C)(=O)[O-]. The van der Waals surface area contributed by atoms with Crippen molar-refractivity contribution in [1.82, 2.24) is 0 Å². The summed E-state index contributed by atoms with van der Waals surface area (Å²) in [5.74, 6) is 0.493. The predicted molar refractivity (Wildman–Crippen MR) is 37.9 cm³/mol. The lowest BCUT2D eigenvalue weighted by molar-refractivity contribution is -0.173. The summed E-state index contributed by atoms with van der Waals surface area (Å²) in [5, 5.41) is 0. The maximum Gasteiger partial charge on any atom is 0.0118 e. The van der Waals surface area contributed by atoms with Crippen molar-refractivity contribution < 1.29 is 9.46 Å². The average Bonchev–Trinajstić information content (AvgIpc) is 1.59. The molecule has 0 aromatic heterocycles. The molecule has 0 bridgehead atoms. The van der Waals surface area contributed by atoms with Crippen LogP contribution in [0.25, 0.3) is 0 Å². The van der Waals surface area contributed by atoms with Crippen molar-refractivity contribution in [2.75, 3.05) is 12.8 Å². The molecule has 0 heterocycles.